The fourth-order valence-corrected chi connectivity index (χ4v) is 4.76. The minimum atomic E-state index is -0.564. The molecule has 0 fully saturated rings. The second-order valence-electron chi connectivity index (χ2n) is 7.58. The molecule has 174 valence electrons. The largest absolute Gasteiger partial charge is 0.354 e. The van der Waals surface area contributed by atoms with E-state index in [2.05, 4.69) is 24.4 Å². The van der Waals surface area contributed by atoms with Crippen LogP contribution in [0.2, 0.25) is 10.0 Å². The number of rotatable bonds is 13. The number of hydrogen-bond donors (Lipinski definition) is 1. The maximum atomic E-state index is 13.3. The van der Waals surface area contributed by atoms with Gasteiger partial charge in [0.25, 0.3) is 0 Å². The first-order valence-electron chi connectivity index (χ1n) is 11.1. The molecule has 0 radical (unpaired) electrons. The zero-order chi connectivity index (χ0) is 23.3. The molecule has 0 saturated heterocycles. The van der Waals surface area contributed by atoms with E-state index >= 15 is 0 Å². The fraction of sp³-hybridized carbons (Fsp3) is 0.440. The molecule has 1 unspecified atom stereocenters. The predicted octanol–water partition coefficient (Wildman–Crippen LogP) is 6.34. The van der Waals surface area contributed by atoms with Crippen molar-refractivity contribution in [3.05, 3.63) is 69.7 Å². The number of carbonyl (C=O) groups is 2. The Hall–Kier alpha value is -1.69. The number of carbonyl (C=O) groups excluding carboxylic acids is 2. The smallest absolute Gasteiger partial charge is 0.242 e. The highest BCUT2D eigenvalue weighted by Gasteiger charge is 2.29. The number of unbranched alkanes of at least 4 members (excludes halogenated alkanes) is 1. The third-order valence-corrected chi connectivity index (χ3v) is 6.92. The van der Waals surface area contributed by atoms with E-state index in [1.54, 1.807) is 34.9 Å². The van der Waals surface area contributed by atoms with Crippen LogP contribution in [0.1, 0.15) is 50.7 Å². The lowest BCUT2D eigenvalue weighted by Crippen LogP contribution is -2.49. The molecule has 7 heteroatoms. The van der Waals surface area contributed by atoms with Gasteiger partial charge in [0.2, 0.25) is 11.8 Å². The summed E-state index contributed by atoms with van der Waals surface area (Å²) in [5, 5.41) is 3.96. The maximum Gasteiger partial charge on any atom is 0.242 e. The normalized spacial score (nSPS) is 11.8. The SMILES string of the molecule is CCCCNC(=O)C(CC)N(Cc1c(Cl)cccc1Cl)C(=O)CCSCc1ccccc1. The van der Waals surface area contributed by atoms with Crippen LogP contribution < -0.4 is 5.32 Å². The van der Waals surface area contributed by atoms with Crippen LogP contribution in [0.3, 0.4) is 0 Å². The maximum absolute atomic E-state index is 13.3. The van der Waals surface area contributed by atoms with Crippen LogP contribution in [0.4, 0.5) is 0 Å². The topological polar surface area (TPSA) is 49.4 Å². The number of halogens is 2. The molecule has 4 nitrogen and oxygen atoms in total. The minimum absolute atomic E-state index is 0.0703. The van der Waals surface area contributed by atoms with Gasteiger partial charge in [0, 0.05) is 46.6 Å². The van der Waals surface area contributed by atoms with Crippen LogP contribution in [0, 0.1) is 0 Å². The van der Waals surface area contributed by atoms with E-state index in [0.717, 1.165) is 18.6 Å². The van der Waals surface area contributed by atoms with Gasteiger partial charge in [-0.2, -0.15) is 11.8 Å². The van der Waals surface area contributed by atoms with Crippen molar-refractivity contribution in [2.75, 3.05) is 12.3 Å². The summed E-state index contributed by atoms with van der Waals surface area (Å²) in [7, 11) is 0. The third kappa shape index (κ3) is 8.34. The molecular weight excluding hydrogens is 463 g/mol. The number of amides is 2. The Morgan fingerprint density at radius 3 is 2.34 bits per heavy atom. The molecule has 0 aliphatic carbocycles. The number of hydrogen-bond acceptors (Lipinski definition) is 3. The minimum Gasteiger partial charge on any atom is -0.354 e. The molecule has 1 atom stereocenters. The summed E-state index contributed by atoms with van der Waals surface area (Å²) in [6, 6.07) is 14.9. The first kappa shape index (κ1) is 26.6. The van der Waals surface area contributed by atoms with E-state index in [-0.39, 0.29) is 18.4 Å². The van der Waals surface area contributed by atoms with Gasteiger partial charge in [-0.25, -0.2) is 0 Å². The van der Waals surface area contributed by atoms with Crippen molar-refractivity contribution < 1.29 is 9.59 Å². The van der Waals surface area contributed by atoms with Gasteiger partial charge in [-0.15, -0.1) is 0 Å². The Bertz CT molecular complexity index is 844. The summed E-state index contributed by atoms with van der Waals surface area (Å²) in [5.41, 5.74) is 1.90. The third-order valence-electron chi connectivity index (χ3n) is 5.18. The summed E-state index contributed by atoms with van der Waals surface area (Å²) >= 11 is 14.5. The highest BCUT2D eigenvalue weighted by molar-refractivity contribution is 7.98. The van der Waals surface area contributed by atoms with Crippen molar-refractivity contribution >= 4 is 46.8 Å². The molecule has 2 amide bonds. The van der Waals surface area contributed by atoms with Gasteiger partial charge in [-0.3, -0.25) is 9.59 Å². The van der Waals surface area contributed by atoms with Crippen molar-refractivity contribution in [1.29, 1.82) is 0 Å². The molecule has 0 aromatic heterocycles. The molecule has 32 heavy (non-hydrogen) atoms. The van der Waals surface area contributed by atoms with E-state index in [1.165, 1.54) is 5.56 Å². The van der Waals surface area contributed by atoms with E-state index in [1.807, 2.05) is 25.1 Å². The summed E-state index contributed by atoms with van der Waals surface area (Å²) < 4.78 is 0. The summed E-state index contributed by atoms with van der Waals surface area (Å²) in [5.74, 6) is 1.32. The summed E-state index contributed by atoms with van der Waals surface area (Å²) in [6.07, 6.45) is 2.76. The van der Waals surface area contributed by atoms with Crippen molar-refractivity contribution in [1.82, 2.24) is 10.2 Å². The van der Waals surface area contributed by atoms with Crippen molar-refractivity contribution in [3.63, 3.8) is 0 Å². The first-order valence-corrected chi connectivity index (χ1v) is 13.0. The molecule has 0 aliphatic rings. The first-order chi connectivity index (χ1) is 15.5. The molecule has 0 aliphatic heterocycles. The van der Waals surface area contributed by atoms with Crippen molar-refractivity contribution in [3.8, 4) is 0 Å². The number of thioether (sulfide) groups is 1. The summed E-state index contributed by atoms with van der Waals surface area (Å²) in [6.45, 7) is 4.81. The molecule has 0 bridgehead atoms. The second kappa shape index (κ2) is 14.5. The quantitative estimate of drug-likeness (QED) is 0.330. The molecule has 2 rings (SSSR count). The lowest BCUT2D eigenvalue weighted by molar-refractivity contribution is -0.141. The van der Waals surface area contributed by atoms with Gasteiger partial charge >= 0.3 is 0 Å². The van der Waals surface area contributed by atoms with E-state index in [4.69, 9.17) is 23.2 Å². The molecule has 0 spiro atoms. The van der Waals surface area contributed by atoms with Gasteiger partial charge in [-0.1, -0.05) is 79.9 Å². The van der Waals surface area contributed by atoms with E-state index in [9.17, 15) is 9.59 Å². The predicted molar refractivity (Wildman–Crippen MR) is 136 cm³/mol. The summed E-state index contributed by atoms with van der Waals surface area (Å²) in [4.78, 5) is 27.8. The molecular formula is C25H32Cl2N2O2S. The van der Waals surface area contributed by atoms with Gasteiger partial charge in [0.15, 0.2) is 0 Å². The van der Waals surface area contributed by atoms with Gasteiger partial charge < -0.3 is 10.2 Å². The highest BCUT2D eigenvalue weighted by Crippen LogP contribution is 2.27. The monoisotopic (exact) mass is 494 g/mol. The Morgan fingerprint density at radius 2 is 1.72 bits per heavy atom. The standard InChI is InChI=1S/C25H32Cl2N2O2S/c1-3-5-15-28-25(31)23(4-2)29(17-20-21(26)12-9-13-22(20)27)24(30)14-16-32-18-19-10-7-6-8-11-19/h6-13,23H,3-5,14-18H2,1-2H3,(H,28,31). The van der Waals surface area contributed by atoms with E-state index < -0.39 is 6.04 Å². The Balaban J connectivity index is 2.10. The Kier molecular flexibility index (Phi) is 12.0. The lowest BCUT2D eigenvalue weighted by Gasteiger charge is -2.31. The highest BCUT2D eigenvalue weighted by atomic mass is 35.5. The van der Waals surface area contributed by atoms with Crippen LogP contribution in [0.25, 0.3) is 0 Å². The van der Waals surface area contributed by atoms with Gasteiger partial charge in [-0.05, 0) is 30.5 Å². The fourth-order valence-electron chi connectivity index (χ4n) is 3.35. The average Bonchev–Trinajstić information content (AvgIpc) is 2.79. The van der Waals surface area contributed by atoms with Crippen LogP contribution in [-0.4, -0.2) is 35.1 Å². The zero-order valence-corrected chi connectivity index (χ0v) is 21.1. The van der Waals surface area contributed by atoms with Gasteiger partial charge in [0.05, 0.1) is 0 Å². The molecule has 2 aromatic rings. The van der Waals surface area contributed by atoms with Crippen molar-refractivity contribution in [2.24, 2.45) is 0 Å². The molecule has 2 aromatic carbocycles. The zero-order valence-electron chi connectivity index (χ0n) is 18.8. The van der Waals surface area contributed by atoms with Crippen LogP contribution in [0.15, 0.2) is 48.5 Å². The number of nitrogens with zero attached hydrogens (tertiary/aromatic N) is 1. The lowest BCUT2D eigenvalue weighted by atomic mass is 10.1. The molecule has 0 heterocycles. The Morgan fingerprint density at radius 1 is 1.03 bits per heavy atom. The molecule has 1 N–H and O–H groups in total. The van der Waals surface area contributed by atoms with E-state index in [0.29, 0.717) is 40.7 Å². The van der Waals surface area contributed by atoms with Crippen LogP contribution in [-0.2, 0) is 21.9 Å². The average molecular weight is 496 g/mol. The molecule has 0 saturated carbocycles. The van der Waals surface area contributed by atoms with Crippen molar-refractivity contribution in [2.45, 2.75) is 57.9 Å². The van der Waals surface area contributed by atoms with Gasteiger partial charge in [0.1, 0.15) is 6.04 Å². The van der Waals surface area contributed by atoms with Crippen LogP contribution in [0.5, 0.6) is 0 Å². The Labute approximate surface area is 206 Å². The van der Waals surface area contributed by atoms with Crippen LogP contribution >= 0.6 is 35.0 Å². The second-order valence-corrected chi connectivity index (χ2v) is 9.50. The number of nitrogens with one attached hydrogen (secondary N) is 1. The number of benzene rings is 2.